The number of hydrogen-bond acceptors (Lipinski definition) is 0. The molecule has 0 N–H and O–H groups in total. The second kappa shape index (κ2) is 4.15. The molecule has 0 nitrogen and oxygen atoms in total. The van der Waals surface area contributed by atoms with Crippen molar-refractivity contribution in [2.75, 3.05) is 0 Å². The van der Waals surface area contributed by atoms with Crippen molar-refractivity contribution in [2.45, 2.75) is 6.92 Å². The maximum Gasteiger partial charge on any atom is 0.132 e. The molecule has 0 spiro atoms. The Labute approximate surface area is 96.9 Å². The Kier molecular flexibility index (Phi) is 2.87. The molecule has 0 saturated heterocycles. The molecule has 0 saturated carbocycles. The lowest BCUT2D eigenvalue weighted by Crippen LogP contribution is -1.88. The van der Waals surface area contributed by atoms with Gasteiger partial charge in [0, 0.05) is 10.0 Å². The highest BCUT2D eigenvalue weighted by molar-refractivity contribution is 9.10. The number of halogens is 2. The summed E-state index contributed by atoms with van der Waals surface area (Å²) < 4.78 is 14.5. The van der Waals surface area contributed by atoms with E-state index in [2.05, 4.69) is 15.9 Å². The molecule has 76 valence electrons. The van der Waals surface area contributed by atoms with Crippen molar-refractivity contribution in [3.05, 3.63) is 58.3 Å². The monoisotopic (exact) mass is 264 g/mol. The number of rotatable bonds is 1. The predicted molar refractivity (Wildman–Crippen MR) is 64.3 cm³/mol. The van der Waals surface area contributed by atoms with Crippen molar-refractivity contribution < 1.29 is 4.39 Å². The highest BCUT2D eigenvalue weighted by Gasteiger charge is 2.10. The quantitative estimate of drug-likeness (QED) is 0.708. The zero-order valence-electron chi connectivity index (χ0n) is 8.30. The van der Waals surface area contributed by atoms with Gasteiger partial charge in [-0.25, -0.2) is 4.39 Å². The molecular weight excluding hydrogens is 255 g/mol. The molecular formula is C13H10BrF. The topological polar surface area (TPSA) is 0 Å². The fourth-order valence-corrected chi connectivity index (χ4v) is 2.08. The van der Waals surface area contributed by atoms with Gasteiger partial charge in [0.25, 0.3) is 0 Å². The van der Waals surface area contributed by atoms with Crippen LogP contribution in [-0.4, -0.2) is 0 Å². The molecule has 2 heteroatoms. The van der Waals surface area contributed by atoms with Crippen molar-refractivity contribution >= 4 is 15.9 Å². The van der Waals surface area contributed by atoms with Gasteiger partial charge in [-0.3, -0.25) is 0 Å². The largest absolute Gasteiger partial charge is 0.206 e. The SMILES string of the molecule is Cc1ccc(F)c(-c2ccccc2)c1Br. The van der Waals surface area contributed by atoms with Crippen LogP contribution in [0.15, 0.2) is 46.9 Å². The van der Waals surface area contributed by atoms with Crippen LogP contribution < -0.4 is 0 Å². The molecule has 0 unspecified atom stereocenters. The molecule has 0 aliphatic rings. The minimum atomic E-state index is -0.196. The van der Waals surface area contributed by atoms with Crippen LogP contribution in [-0.2, 0) is 0 Å². The zero-order valence-corrected chi connectivity index (χ0v) is 9.88. The summed E-state index contributed by atoms with van der Waals surface area (Å²) in [4.78, 5) is 0. The molecule has 0 aromatic heterocycles. The summed E-state index contributed by atoms with van der Waals surface area (Å²) in [6, 6.07) is 12.8. The van der Waals surface area contributed by atoms with Gasteiger partial charge < -0.3 is 0 Å². The molecule has 0 aliphatic heterocycles. The Hall–Kier alpha value is -1.15. The minimum Gasteiger partial charge on any atom is -0.206 e. The van der Waals surface area contributed by atoms with Gasteiger partial charge in [0.15, 0.2) is 0 Å². The van der Waals surface area contributed by atoms with E-state index in [9.17, 15) is 4.39 Å². The normalized spacial score (nSPS) is 10.3. The molecule has 0 bridgehead atoms. The first-order valence-corrected chi connectivity index (χ1v) is 5.49. The third kappa shape index (κ3) is 1.95. The Morgan fingerprint density at radius 3 is 2.33 bits per heavy atom. The lowest BCUT2D eigenvalue weighted by atomic mass is 10.0. The number of benzene rings is 2. The molecule has 0 radical (unpaired) electrons. The van der Waals surface area contributed by atoms with Gasteiger partial charge >= 0.3 is 0 Å². The van der Waals surface area contributed by atoms with Gasteiger partial charge in [0.1, 0.15) is 5.82 Å². The smallest absolute Gasteiger partial charge is 0.132 e. The number of aryl methyl sites for hydroxylation is 1. The summed E-state index contributed by atoms with van der Waals surface area (Å²) in [7, 11) is 0. The molecule has 2 aromatic carbocycles. The average molecular weight is 265 g/mol. The Bertz CT molecular complexity index is 477. The van der Waals surface area contributed by atoms with Crippen LogP contribution >= 0.6 is 15.9 Å². The lowest BCUT2D eigenvalue weighted by molar-refractivity contribution is 0.630. The summed E-state index contributed by atoms with van der Waals surface area (Å²) in [5.74, 6) is -0.196. The van der Waals surface area contributed by atoms with Gasteiger partial charge in [0.05, 0.1) is 0 Å². The highest BCUT2D eigenvalue weighted by Crippen LogP contribution is 2.32. The molecule has 2 rings (SSSR count). The van der Waals surface area contributed by atoms with Gasteiger partial charge in [-0.2, -0.15) is 0 Å². The molecule has 0 amide bonds. The molecule has 0 aliphatic carbocycles. The maximum absolute atomic E-state index is 13.7. The first kappa shape index (κ1) is 10.4. The average Bonchev–Trinajstić information content (AvgIpc) is 2.26. The van der Waals surface area contributed by atoms with Crippen LogP contribution in [0.4, 0.5) is 4.39 Å². The van der Waals surface area contributed by atoms with E-state index in [4.69, 9.17) is 0 Å². The Morgan fingerprint density at radius 1 is 1.00 bits per heavy atom. The Balaban J connectivity index is 2.68. The van der Waals surface area contributed by atoms with E-state index < -0.39 is 0 Å². The van der Waals surface area contributed by atoms with Crippen LogP contribution in [0.1, 0.15) is 5.56 Å². The summed E-state index contributed by atoms with van der Waals surface area (Å²) >= 11 is 3.43. The van der Waals surface area contributed by atoms with Crippen LogP contribution in [0.2, 0.25) is 0 Å². The summed E-state index contributed by atoms with van der Waals surface area (Å²) in [5, 5.41) is 0. The fourth-order valence-electron chi connectivity index (χ4n) is 1.53. The van der Waals surface area contributed by atoms with E-state index in [1.807, 2.05) is 37.3 Å². The zero-order chi connectivity index (χ0) is 10.8. The Morgan fingerprint density at radius 2 is 1.67 bits per heavy atom. The maximum atomic E-state index is 13.7. The van der Waals surface area contributed by atoms with Gasteiger partial charge in [-0.05, 0) is 40.0 Å². The third-order valence-electron chi connectivity index (χ3n) is 2.35. The van der Waals surface area contributed by atoms with Crippen molar-refractivity contribution in [3.63, 3.8) is 0 Å². The molecule has 15 heavy (non-hydrogen) atoms. The van der Waals surface area contributed by atoms with Crippen LogP contribution in [0.3, 0.4) is 0 Å². The molecule has 0 atom stereocenters. The first-order valence-electron chi connectivity index (χ1n) is 4.70. The van der Waals surface area contributed by atoms with Gasteiger partial charge in [0.2, 0.25) is 0 Å². The van der Waals surface area contributed by atoms with E-state index in [1.54, 1.807) is 6.07 Å². The summed E-state index contributed by atoms with van der Waals surface area (Å²) in [6.45, 7) is 1.95. The van der Waals surface area contributed by atoms with E-state index >= 15 is 0 Å². The number of hydrogen-bond donors (Lipinski definition) is 0. The highest BCUT2D eigenvalue weighted by atomic mass is 79.9. The lowest BCUT2D eigenvalue weighted by Gasteiger charge is -2.08. The van der Waals surface area contributed by atoms with Crippen LogP contribution in [0.25, 0.3) is 11.1 Å². The first-order chi connectivity index (χ1) is 7.20. The second-order valence-electron chi connectivity index (χ2n) is 3.42. The van der Waals surface area contributed by atoms with Crippen molar-refractivity contribution in [1.29, 1.82) is 0 Å². The van der Waals surface area contributed by atoms with Gasteiger partial charge in [-0.15, -0.1) is 0 Å². The summed E-state index contributed by atoms with van der Waals surface area (Å²) in [5.41, 5.74) is 2.57. The van der Waals surface area contributed by atoms with Gasteiger partial charge in [-0.1, -0.05) is 36.4 Å². The summed E-state index contributed by atoms with van der Waals surface area (Å²) in [6.07, 6.45) is 0. The third-order valence-corrected chi connectivity index (χ3v) is 3.37. The van der Waals surface area contributed by atoms with E-state index in [0.717, 1.165) is 15.6 Å². The van der Waals surface area contributed by atoms with Crippen molar-refractivity contribution in [3.8, 4) is 11.1 Å². The molecule has 2 aromatic rings. The standard InChI is InChI=1S/C13H10BrF/c1-9-7-8-11(15)12(13(9)14)10-5-3-2-4-6-10/h2-8H,1H3. The second-order valence-corrected chi connectivity index (χ2v) is 4.21. The fraction of sp³-hybridized carbons (Fsp3) is 0.0769. The molecule has 0 fully saturated rings. The predicted octanol–water partition coefficient (Wildman–Crippen LogP) is 4.56. The minimum absolute atomic E-state index is 0.196. The van der Waals surface area contributed by atoms with Crippen molar-refractivity contribution in [2.24, 2.45) is 0 Å². The van der Waals surface area contributed by atoms with E-state index in [-0.39, 0.29) is 5.82 Å². The van der Waals surface area contributed by atoms with E-state index in [0.29, 0.717) is 5.56 Å². The van der Waals surface area contributed by atoms with Crippen LogP contribution in [0.5, 0.6) is 0 Å². The van der Waals surface area contributed by atoms with E-state index in [1.165, 1.54) is 6.07 Å². The van der Waals surface area contributed by atoms with Crippen LogP contribution in [0, 0.1) is 12.7 Å². The molecule has 0 heterocycles. The van der Waals surface area contributed by atoms with Crippen molar-refractivity contribution in [1.82, 2.24) is 0 Å².